The van der Waals surface area contributed by atoms with Gasteiger partial charge in [-0.25, -0.2) is 14.8 Å². The molecule has 1 aliphatic rings. The number of amides is 1. The maximum atomic E-state index is 13.1. The van der Waals surface area contributed by atoms with Crippen molar-refractivity contribution < 1.29 is 9.90 Å². The van der Waals surface area contributed by atoms with Gasteiger partial charge in [0.2, 0.25) is 0 Å². The molecule has 0 unspecified atom stereocenters. The summed E-state index contributed by atoms with van der Waals surface area (Å²) >= 11 is 4.90. The lowest BCUT2D eigenvalue weighted by Gasteiger charge is -2.43. The van der Waals surface area contributed by atoms with E-state index in [1.807, 2.05) is 34.0 Å². The summed E-state index contributed by atoms with van der Waals surface area (Å²) in [4.78, 5) is 35.5. The summed E-state index contributed by atoms with van der Waals surface area (Å²) < 4.78 is 2.32. The molecule has 0 atom stereocenters. The molecule has 0 aromatic carbocycles. The molecule has 3 rings (SSSR count). The standard InChI is InChI=1S/C20H27BrN4O3S/c1-11-14-10-22-18(29-5)23-16(14)24(17(26)15(11)21)12-6-8-13(9-7-12)25(19(27)28)20(2,3)4/h10,12-13H,6-9H2,1-5H3,(H,27,28). The van der Waals surface area contributed by atoms with Gasteiger partial charge < -0.3 is 10.0 Å². The van der Waals surface area contributed by atoms with E-state index in [4.69, 9.17) is 0 Å². The van der Waals surface area contributed by atoms with Gasteiger partial charge in [0.15, 0.2) is 5.16 Å². The Kier molecular flexibility index (Phi) is 6.29. The third-order valence-corrected chi connectivity index (χ3v) is 7.12. The number of nitrogens with zero attached hydrogens (tertiary/aromatic N) is 4. The van der Waals surface area contributed by atoms with E-state index in [1.54, 1.807) is 15.7 Å². The van der Waals surface area contributed by atoms with E-state index in [0.29, 0.717) is 28.1 Å². The SMILES string of the molecule is CSc1ncc2c(C)c(Br)c(=O)n(C3CCC(N(C(=O)O)C(C)(C)C)CC3)c2n1. The Morgan fingerprint density at radius 3 is 2.45 bits per heavy atom. The van der Waals surface area contributed by atoms with Gasteiger partial charge in [-0.05, 0) is 81.1 Å². The number of pyridine rings is 1. The van der Waals surface area contributed by atoms with Crippen molar-refractivity contribution in [2.24, 2.45) is 0 Å². The van der Waals surface area contributed by atoms with Gasteiger partial charge in [-0.15, -0.1) is 0 Å². The number of carbonyl (C=O) groups is 1. The van der Waals surface area contributed by atoms with Crippen molar-refractivity contribution >= 4 is 44.8 Å². The van der Waals surface area contributed by atoms with Crippen LogP contribution in [0.25, 0.3) is 11.0 Å². The van der Waals surface area contributed by atoms with Crippen LogP contribution in [0, 0.1) is 6.92 Å². The van der Waals surface area contributed by atoms with E-state index in [9.17, 15) is 14.7 Å². The monoisotopic (exact) mass is 482 g/mol. The fourth-order valence-corrected chi connectivity index (χ4v) is 5.03. The second kappa shape index (κ2) is 8.26. The topological polar surface area (TPSA) is 88.3 Å². The van der Waals surface area contributed by atoms with Gasteiger partial charge in [-0.1, -0.05) is 11.8 Å². The highest BCUT2D eigenvalue weighted by Gasteiger charge is 2.36. The molecule has 9 heteroatoms. The highest BCUT2D eigenvalue weighted by atomic mass is 79.9. The van der Waals surface area contributed by atoms with Crippen molar-refractivity contribution in [1.29, 1.82) is 0 Å². The Labute approximate surface area is 183 Å². The molecule has 7 nitrogen and oxygen atoms in total. The van der Waals surface area contributed by atoms with Gasteiger partial charge in [0.25, 0.3) is 5.56 Å². The van der Waals surface area contributed by atoms with Gasteiger partial charge in [-0.2, -0.15) is 0 Å². The molecule has 2 heterocycles. The van der Waals surface area contributed by atoms with Crippen molar-refractivity contribution in [1.82, 2.24) is 19.4 Å². The second-order valence-electron chi connectivity index (χ2n) is 8.49. The smallest absolute Gasteiger partial charge is 0.407 e. The first-order valence-electron chi connectivity index (χ1n) is 9.69. The van der Waals surface area contributed by atoms with E-state index in [-0.39, 0.29) is 17.6 Å². The highest BCUT2D eigenvalue weighted by molar-refractivity contribution is 9.10. The van der Waals surface area contributed by atoms with Crippen LogP contribution < -0.4 is 5.56 Å². The van der Waals surface area contributed by atoms with Crippen LogP contribution in [0.2, 0.25) is 0 Å². The summed E-state index contributed by atoms with van der Waals surface area (Å²) in [6.07, 6.45) is 5.69. The molecule has 1 aliphatic carbocycles. The Morgan fingerprint density at radius 2 is 1.93 bits per heavy atom. The molecule has 1 saturated carbocycles. The molecule has 29 heavy (non-hydrogen) atoms. The fourth-order valence-electron chi connectivity index (χ4n) is 4.29. The third-order valence-electron chi connectivity index (χ3n) is 5.62. The Balaban J connectivity index is 1.99. The van der Waals surface area contributed by atoms with Gasteiger partial charge in [-0.3, -0.25) is 9.36 Å². The number of hydrogen-bond acceptors (Lipinski definition) is 5. The predicted molar refractivity (Wildman–Crippen MR) is 119 cm³/mol. The zero-order valence-electron chi connectivity index (χ0n) is 17.4. The van der Waals surface area contributed by atoms with Crippen molar-refractivity contribution in [3.8, 4) is 0 Å². The average Bonchev–Trinajstić information content (AvgIpc) is 2.66. The van der Waals surface area contributed by atoms with E-state index in [1.165, 1.54) is 11.8 Å². The number of rotatable bonds is 3. The lowest BCUT2D eigenvalue weighted by Crippen LogP contribution is -2.52. The van der Waals surface area contributed by atoms with Crippen LogP contribution in [0.3, 0.4) is 0 Å². The summed E-state index contributed by atoms with van der Waals surface area (Å²) in [7, 11) is 0. The molecule has 2 aromatic rings. The fraction of sp³-hybridized carbons (Fsp3) is 0.600. The van der Waals surface area contributed by atoms with Crippen LogP contribution in [-0.2, 0) is 0 Å². The van der Waals surface area contributed by atoms with Crippen LogP contribution in [-0.4, -0.2) is 48.5 Å². The summed E-state index contributed by atoms with van der Waals surface area (Å²) in [5, 5.41) is 11.2. The van der Waals surface area contributed by atoms with E-state index < -0.39 is 11.6 Å². The third kappa shape index (κ3) is 4.17. The van der Waals surface area contributed by atoms with Gasteiger partial charge >= 0.3 is 6.09 Å². The first-order chi connectivity index (χ1) is 13.6. The van der Waals surface area contributed by atoms with E-state index >= 15 is 0 Å². The molecule has 0 bridgehead atoms. The number of aromatic nitrogens is 3. The van der Waals surface area contributed by atoms with Crippen LogP contribution in [0.15, 0.2) is 20.6 Å². The lowest BCUT2D eigenvalue weighted by molar-refractivity contribution is 0.0512. The van der Waals surface area contributed by atoms with Crippen LogP contribution in [0.5, 0.6) is 0 Å². The van der Waals surface area contributed by atoms with Gasteiger partial charge in [0, 0.05) is 29.2 Å². The summed E-state index contributed by atoms with van der Waals surface area (Å²) in [6, 6.07) is -0.0608. The molecular formula is C20H27BrN4O3S. The van der Waals surface area contributed by atoms with Crippen LogP contribution >= 0.6 is 27.7 Å². The lowest BCUT2D eigenvalue weighted by atomic mass is 9.87. The number of aryl methyl sites for hydroxylation is 1. The number of halogens is 1. The minimum absolute atomic E-state index is 0.0154. The van der Waals surface area contributed by atoms with Crippen molar-refractivity contribution in [3.05, 3.63) is 26.6 Å². The Morgan fingerprint density at radius 1 is 1.31 bits per heavy atom. The van der Waals surface area contributed by atoms with Gasteiger partial charge in [0.05, 0.1) is 4.47 Å². The first-order valence-corrected chi connectivity index (χ1v) is 11.7. The van der Waals surface area contributed by atoms with Crippen molar-refractivity contribution in [2.45, 2.75) is 76.2 Å². The quantitative estimate of drug-likeness (QED) is 0.496. The maximum Gasteiger partial charge on any atom is 0.407 e. The number of thioether (sulfide) groups is 1. The van der Waals surface area contributed by atoms with Crippen LogP contribution in [0.4, 0.5) is 4.79 Å². The molecule has 158 valence electrons. The summed E-state index contributed by atoms with van der Waals surface area (Å²) in [5.41, 5.74) is 0.951. The van der Waals surface area contributed by atoms with Crippen molar-refractivity contribution in [2.75, 3.05) is 6.26 Å². The van der Waals surface area contributed by atoms with Gasteiger partial charge in [0.1, 0.15) is 5.65 Å². The molecule has 0 spiro atoms. The molecule has 1 fully saturated rings. The molecule has 1 amide bonds. The molecule has 0 saturated heterocycles. The minimum Gasteiger partial charge on any atom is -0.465 e. The predicted octanol–water partition coefficient (Wildman–Crippen LogP) is 4.85. The molecule has 2 aromatic heterocycles. The highest BCUT2D eigenvalue weighted by Crippen LogP contribution is 2.35. The average molecular weight is 483 g/mol. The zero-order chi connectivity index (χ0) is 21.5. The van der Waals surface area contributed by atoms with Crippen molar-refractivity contribution in [3.63, 3.8) is 0 Å². The van der Waals surface area contributed by atoms with Crippen LogP contribution in [0.1, 0.15) is 58.1 Å². The Hall–Kier alpha value is -1.61. The number of fused-ring (bicyclic) bond motifs is 1. The van der Waals surface area contributed by atoms with E-state index in [0.717, 1.165) is 23.8 Å². The molecular weight excluding hydrogens is 456 g/mol. The Bertz CT molecular complexity index is 994. The second-order valence-corrected chi connectivity index (χ2v) is 10.1. The van der Waals surface area contributed by atoms with E-state index in [2.05, 4.69) is 25.9 Å². The number of carboxylic acid groups (broad SMARTS) is 1. The molecule has 0 aliphatic heterocycles. The summed E-state index contributed by atoms with van der Waals surface area (Å²) in [5.74, 6) is 0. The first kappa shape index (κ1) is 22.1. The minimum atomic E-state index is -0.890. The molecule has 1 N–H and O–H groups in total. The largest absolute Gasteiger partial charge is 0.465 e. The number of hydrogen-bond donors (Lipinski definition) is 1. The molecule has 0 radical (unpaired) electrons. The maximum absolute atomic E-state index is 13.1. The summed E-state index contributed by atoms with van der Waals surface area (Å²) in [6.45, 7) is 7.65. The zero-order valence-corrected chi connectivity index (χ0v) is 19.8. The normalized spacial score (nSPS) is 20.1.